The molecule has 0 amide bonds. The lowest BCUT2D eigenvalue weighted by Crippen LogP contribution is -2.38. The van der Waals surface area contributed by atoms with E-state index in [1.54, 1.807) is 11.3 Å². The topological polar surface area (TPSA) is 67.8 Å². The van der Waals surface area contributed by atoms with E-state index in [0.717, 1.165) is 77.0 Å². The van der Waals surface area contributed by atoms with Gasteiger partial charge in [-0.15, -0.1) is 35.3 Å². The molecular weight excluding hydrogens is 475 g/mol. The van der Waals surface area contributed by atoms with Gasteiger partial charge < -0.3 is 20.1 Å². The summed E-state index contributed by atoms with van der Waals surface area (Å²) in [5, 5.41) is 10.1. The van der Waals surface area contributed by atoms with Crippen LogP contribution in [-0.4, -0.2) is 57.0 Å². The van der Waals surface area contributed by atoms with Crippen LogP contribution in [0.15, 0.2) is 10.4 Å². The minimum Gasteiger partial charge on any atom is -0.381 e. The predicted molar refractivity (Wildman–Crippen MR) is 124 cm³/mol. The average molecular weight is 510 g/mol. The third-order valence-corrected chi connectivity index (χ3v) is 5.37. The van der Waals surface area contributed by atoms with Gasteiger partial charge >= 0.3 is 0 Å². The smallest absolute Gasteiger partial charge is 0.191 e. The van der Waals surface area contributed by atoms with Crippen molar-refractivity contribution in [3.05, 3.63) is 16.1 Å². The summed E-state index contributed by atoms with van der Waals surface area (Å²) in [6, 6.07) is 0. The van der Waals surface area contributed by atoms with Gasteiger partial charge in [-0.2, -0.15) is 0 Å². The van der Waals surface area contributed by atoms with Gasteiger partial charge in [-0.25, -0.2) is 4.98 Å². The van der Waals surface area contributed by atoms with Gasteiger partial charge in [0.1, 0.15) is 0 Å². The number of halogens is 1. The fourth-order valence-corrected chi connectivity index (χ4v) is 3.55. The fraction of sp³-hybridized carbons (Fsp3) is 0.789. The second-order valence-corrected chi connectivity index (χ2v) is 7.82. The van der Waals surface area contributed by atoms with Gasteiger partial charge in [0.2, 0.25) is 0 Å². The van der Waals surface area contributed by atoms with E-state index < -0.39 is 0 Å². The van der Waals surface area contributed by atoms with Crippen LogP contribution in [0.25, 0.3) is 0 Å². The summed E-state index contributed by atoms with van der Waals surface area (Å²) in [4.78, 5) is 9.29. The van der Waals surface area contributed by atoms with Gasteiger partial charge in [0.25, 0.3) is 0 Å². The highest BCUT2D eigenvalue weighted by Gasteiger charge is 2.15. The molecular formula is C19H35IN4O2S. The molecule has 6 nitrogen and oxygen atoms in total. The van der Waals surface area contributed by atoms with Crippen LogP contribution in [0.5, 0.6) is 0 Å². The van der Waals surface area contributed by atoms with E-state index in [1.165, 1.54) is 5.01 Å². The zero-order chi connectivity index (χ0) is 18.6. The number of ether oxygens (including phenoxy) is 2. The molecule has 1 aromatic rings. The Morgan fingerprint density at radius 2 is 2.30 bits per heavy atom. The average Bonchev–Trinajstić information content (AvgIpc) is 3.29. The van der Waals surface area contributed by atoms with Crippen molar-refractivity contribution in [2.24, 2.45) is 10.9 Å². The predicted octanol–water partition coefficient (Wildman–Crippen LogP) is 3.43. The summed E-state index contributed by atoms with van der Waals surface area (Å²) >= 11 is 1.75. The van der Waals surface area contributed by atoms with Crippen LogP contribution in [0, 0.1) is 5.92 Å². The SMILES string of the molecule is CCNC(=NCCCOCC1CCOC1)NCCc1csc(C(C)C)n1.I. The Kier molecular flexibility index (Phi) is 13.2. The standard InChI is InChI=1S/C19H34N4O2S.HI/c1-4-20-19(21-8-5-10-24-12-16-7-11-25-13-16)22-9-6-17-14-26-18(23-17)15(2)3;/h14-16H,4-13H2,1-3H3,(H2,20,21,22);1H. The van der Waals surface area contributed by atoms with Crippen LogP contribution >= 0.6 is 35.3 Å². The number of nitrogens with one attached hydrogen (secondary N) is 2. The molecule has 1 atom stereocenters. The maximum Gasteiger partial charge on any atom is 0.191 e. The molecule has 1 aromatic heterocycles. The molecule has 156 valence electrons. The first-order chi connectivity index (χ1) is 12.7. The highest BCUT2D eigenvalue weighted by atomic mass is 127. The molecule has 27 heavy (non-hydrogen) atoms. The van der Waals surface area contributed by atoms with Gasteiger partial charge in [0, 0.05) is 56.5 Å². The lowest BCUT2D eigenvalue weighted by molar-refractivity contribution is 0.0893. The van der Waals surface area contributed by atoms with Gasteiger partial charge in [-0.3, -0.25) is 4.99 Å². The van der Waals surface area contributed by atoms with Crippen LogP contribution in [0.2, 0.25) is 0 Å². The summed E-state index contributed by atoms with van der Waals surface area (Å²) in [7, 11) is 0. The van der Waals surface area contributed by atoms with E-state index in [9.17, 15) is 0 Å². The third kappa shape index (κ3) is 10.0. The molecule has 0 aliphatic carbocycles. The number of rotatable bonds is 11. The monoisotopic (exact) mass is 510 g/mol. The zero-order valence-electron chi connectivity index (χ0n) is 16.8. The first-order valence-electron chi connectivity index (χ1n) is 9.81. The molecule has 0 bridgehead atoms. The zero-order valence-corrected chi connectivity index (χ0v) is 20.0. The van der Waals surface area contributed by atoms with Crippen molar-refractivity contribution in [3.63, 3.8) is 0 Å². The second-order valence-electron chi connectivity index (χ2n) is 6.93. The molecule has 1 saturated heterocycles. The molecule has 2 heterocycles. The maximum atomic E-state index is 5.72. The van der Waals surface area contributed by atoms with E-state index in [1.807, 2.05) is 0 Å². The molecule has 0 aromatic carbocycles. The van der Waals surface area contributed by atoms with Gasteiger partial charge in [0.15, 0.2) is 5.96 Å². The molecule has 1 aliphatic rings. The Morgan fingerprint density at radius 3 is 2.96 bits per heavy atom. The quantitative estimate of drug-likeness (QED) is 0.207. The third-order valence-electron chi connectivity index (χ3n) is 4.18. The number of aromatic nitrogens is 1. The molecule has 1 aliphatic heterocycles. The maximum absolute atomic E-state index is 5.72. The number of aliphatic imine (C=N–C) groups is 1. The van der Waals surface area contributed by atoms with Crippen molar-refractivity contribution in [1.29, 1.82) is 0 Å². The minimum atomic E-state index is 0. The Bertz CT molecular complexity index is 534. The van der Waals surface area contributed by atoms with Gasteiger partial charge in [-0.1, -0.05) is 13.8 Å². The molecule has 2 N–H and O–H groups in total. The van der Waals surface area contributed by atoms with Gasteiger partial charge in [0.05, 0.1) is 23.9 Å². The number of hydrogen-bond donors (Lipinski definition) is 2. The first-order valence-corrected chi connectivity index (χ1v) is 10.7. The highest BCUT2D eigenvalue weighted by Crippen LogP contribution is 2.19. The normalized spacial score (nSPS) is 17.2. The lowest BCUT2D eigenvalue weighted by Gasteiger charge is -2.11. The van der Waals surface area contributed by atoms with E-state index in [4.69, 9.17) is 9.47 Å². The number of guanidine groups is 1. The van der Waals surface area contributed by atoms with Crippen LogP contribution in [0.4, 0.5) is 0 Å². The molecule has 0 radical (unpaired) electrons. The van der Waals surface area contributed by atoms with Crippen molar-refractivity contribution in [2.45, 2.75) is 46.0 Å². The Labute approximate surface area is 184 Å². The summed E-state index contributed by atoms with van der Waals surface area (Å²) in [6.07, 6.45) is 2.98. The summed E-state index contributed by atoms with van der Waals surface area (Å²) in [5.41, 5.74) is 1.16. The Hall–Kier alpha value is -0.450. The molecule has 1 fully saturated rings. The Balaban J connectivity index is 0.00000364. The van der Waals surface area contributed by atoms with Crippen LogP contribution in [-0.2, 0) is 15.9 Å². The van der Waals surface area contributed by atoms with Crippen molar-refractivity contribution >= 4 is 41.3 Å². The minimum absolute atomic E-state index is 0. The van der Waals surface area contributed by atoms with E-state index in [2.05, 4.69) is 46.8 Å². The van der Waals surface area contributed by atoms with Crippen molar-refractivity contribution in [3.8, 4) is 0 Å². The number of thiazole rings is 1. The number of nitrogens with zero attached hydrogens (tertiary/aromatic N) is 2. The molecule has 0 saturated carbocycles. The molecule has 1 unspecified atom stereocenters. The van der Waals surface area contributed by atoms with Crippen molar-refractivity contribution in [1.82, 2.24) is 15.6 Å². The number of hydrogen-bond acceptors (Lipinski definition) is 5. The highest BCUT2D eigenvalue weighted by molar-refractivity contribution is 14.0. The van der Waals surface area contributed by atoms with Crippen LogP contribution in [0.3, 0.4) is 0 Å². The summed E-state index contributed by atoms with van der Waals surface area (Å²) in [5.74, 6) is 1.96. The van der Waals surface area contributed by atoms with Crippen molar-refractivity contribution < 1.29 is 9.47 Å². The summed E-state index contributed by atoms with van der Waals surface area (Å²) in [6.45, 7) is 12.2. The van der Waals surface area contributed by atoms with E-state index in [-0.39, 0.29) is 24.0 Å². The van der Waals surface area contributed by atoms with Crippen LogP contribution in [0.1, 0.15) is 50.2 Å². The van der Waals surface area contributed by atoms with Crippen molar-refractivity contribution in [2.75, 3.05) is 46.1 Å². The summed E-state index contributed by atoms with van der Waals surface area (Å²) < 4.78 is 11.1. The lowest BCUT2D eigenvalue weighted by atomic mass is 10.1. The first kappa shape index (κ1) is 24.6. The van der Waals surface area contributed by atoms with E-state index in [0.29, 0.717) is 11.8 Å². The molecule has 2 rings (SSSR count). The van der Waals surface area contributed by atoms with Gasteiger partial charge in [-0.05, 0) is 19.8 Å². The second kappa shape index (κ2) is 14.5. The fourth-order valence-electron chi connectivity index (χ4n) is 2.68. The molecule has 8 heteroatoms. The largest absolute Gasteiger partial charge is 0.381 e. The van der Waals surface area contributed by atoms with Crippen LogP contribution < -0.4 is 10.6 Å². The molecule has 0 spiro atoms. The Morgan fingerprint density at radius 1 is 1.44 bits per heavy atom. The van der Waals surface area contributed by atoms with E-state index >= 15 is 0 Å².